The van der Waals surface area contributed by atoms with E-state index in [2.05, 4.69) is 0 Å². The lowest BCUT2D eigenvalue weighted by Crippen LogP contribution is -2.32. The SMILES string of the molecule is C[C@@H](c1ccccc1)N(C)C(=O)Cn1ccc(=O)c2ccccc21. The highest BCUT2D eigenvalue weighted by molar-refractivity contribution is 5.82. The Morgan fingerprint density at radius 1 is 1.04 bits per heavy atom. The number of para-hydroxylation sites is 1. The van der Waals surface area contributed by atoms with E-state index in [1.807, 2.05) is 67.1 Å². The second-order valence-corrected chi connectivity index (χ2v) is 5.92. The van der Waals surface area contributed by atoms with Gasteiger partial charge in [-0.15, -0.1) is 0 Å². The zero-order chi connectivity index (χ0) is 17.1. The Hall–Kier alpha value is -2.88. The van der Waals surface area contributed by atoms with Crippen molar-refractivity contribution in [2.45, 2.75) is 19.5 Å². The lowest BCUT2D eigenvalue weighted by Gasteiger charge is -2.26. The van der Waals surface area contributed by atoms with Gasteiger partial charge in [0.25, 0.3) is 0 Å². The van der Waals surface area contributed by atoms with Crippen LogP contribution in [0.5, 0.6) is 0 Å². The predicted octanol–water partition coefficient (Wildman–Crippen LogP) is 3.22. The first-order chi connectivity index (χ1) is 11.6. The number of carbonyl (C=O) groups is 1. The fraction of sp³-hybridized carbons (Fsp3) is 0.200. The minimum atomic E-state index is -0.0275. The second-order valence-electron chi connectivity index (χ2n) is 5.92. The fourth-order valence-corrected chi connectivity index (χ4v) is 2.83. The van der Waals surface area contributed by atoms with Gasteiger partial charge in [0.1, 0.15) is 6.54 Å². The minimum absolute atomic E-state index is 0.000144. The van der Waals surface area contributed by atoms with E-state index in [0.29, 0.717) is 5.39 Å². The van der Waals surface area contributed by atoms with Gasteiger partial charge in [-0.2, -0.15) is 0 Å². The molecule has 24 heavy (non-hydrogen) atoms. The molecule has 3 aromatic rings. The molecule has 0 saturated heterocycles. The summed E-state index contributed by atoms with van der Waals surface area (Å²) in [4.78, 5) is 26.4. The first-order valence-electron chi connectivity index (χ1n) is 7.96. The van der Waals surface area contributed by atoms with E-state index in [9.17, 15) is 9.59 Å². The molecule has 4 heteroatoms. The highest BCUT2D eigenvalue weighted by Gasteiger charge is 2.17. The number of hydrogen-bond donors (Lipinski definition) is 0. The summed E-state index contributed by atoms with van der Waals surface area (Å²) in [7, 11) is 1.81. The third kappa shape index (κ3) is 3.08. The molecule has 1 aromatic heterocycles. The highest BCUT2D eigenvalue weighted by atomic mass is 16.2. The number of nitrogens with zero attached hydrogens (tertiary/aromatic N) is 2. The van der Waals surface area contributed by atoms with Gasteiger partial charge in [-0.05, 0) is 24.6 Å². The first-order valence-corrected chi connectivity index (χ1v) is 7.96. The van der Waals surface area contributed by atoms with Crippen molar-refractivity contribution >= 4 is 16.8 Å². The van der Waals surface area contributed by atoms with E-state index in [0.717, 1.165) is 11.1 Å². The topological polar surface area (TPSA) is 42.3 Å². The molecule has 1 heterocycles. The third-order valence-corrected chi connectivity index (χ3v) is 4.45. The number of fused-ring (bicyclic) bond motifs is 1. The van der Waals surface area contributed by atoms with Gasteiger partial charge in [-0.1, -0.05) is 42.5 Å². The van der Waals surface area contributed by atoms with Crippen molar-refractivity contribution in [2.24, 2.45) is 0 Å². The van der Waals surface area contributed by atoms with E-state index in [-0.39, 0.29) is 23.9 Å². The summed E-state index contributed by atoms with van der Waals surface area (Å²) >= 11 is 0. The largest absolute Gasteiger partial charge is 0.338 e. The van der Waals surface area contributed by atoms with E-state index in [1.54, 1.807) is 17.2 Å². The van der Waals surface area contributed by atoms with Crippen molar-refractivity contribution in [1.82, 2.24) is 9.47 Å². The Kier molecular flexibility index (Phi) is 4.47. The molecule has 122 valence electrons. The second kappa shape index (κ2) is 6.71. The van der Waals surface area contributed by atoms with Crippen LogP contribution in [0.1, 0.15) is 18.5 Å². The molecule has 1 amide bonds. The molecular weight excluding hydrogens is 300 g/mol. The zero-order valence-electron chi connectivity index (χ0n) is 13.8. The number of aromatic nitrogens is 1. The maximum absolute atomic E-state index is 12.7. The summed E-state index contributed by atoms with van der Waals surface area (Å²) in [5.74, 6) is 0.000144. The quantitative estimate of drug-likeness (QED) is 0.741. The Bertz CT molecular complexity index is 916. The smallest absolute Gasteiger partial charge is 0.242 e. The first kappa shape index (κ1) is 16.0. The molecule has 0 saturated carbocycles. The monoisotopic (exact) mass is 320 g/mol. The summed E-state index contributed by atoms with van der Waals surface area (Å²) in [6.45, 7) is 2.21. The number of hydrogen-bond acceptors (Lipinski definition) is 2. The van der Waals surface area contributed by atoms with E-state index < -0.39 is 0 Å². The lowest BCUT2D eigenvalue weighted by atomic mass is 10.1. The average molecular weight is 320 g/mol. The van der Waals surface area contributed by atoms with Crippen LogP contribution in [0.15, 0.2) is 71.7 Å². The highest BCUT2D eigenvalue weighted by Crippen LogP contribution is 2.19. The van der Waals surface area contributed by atoms with Crippen LogP contribution >= 0.6 is 0 Å². The van der Waals surface area contributed by atoms with Crippen LogP contribution in [0.3, 0.4) is 0 Å². The van der Waals surface area contributed by atoms with Crippen LogP contribution in [0.4, 0.5) is 0 Å². The van der Waals surface area contributed by atoms with Crippen LogP contribution in [-0.4, -0.2) is 22.4 Å². The Labute approximate surface area is 141 Å². The maximum Gasteiger partial charge on any atom is 0.242 e. The van der Waals surface area contributed by atoms with Crippen LogP contribution in [-0.2, 0) is 11.3 Å². The molecule has 0 bridgehead atoms. The molecule has 0 aliphatic heterocycles. The molecule has 0 aliphatic rings. The molecule has 0 aliphatic carbocycles. The van der Waals surface area contributed by atoms with Gasteiger partial charge in [0.15, 0.2) is 5.43 Å². The van der Waals surface area contributed by atoms with Gasteiger partial charge in [0.05, 0.1) is 11.6 Å². The van der Waals surface area contributed by atoms with E-state index in [1.165, 1.54) is 6.07 Å². The van der Waals surface area contributed by atoms with E-state index >= 15 is 0 Å². The number of benzene rings is 2. The molecule has 0 fully saturated rings. The summed E-state index contributed by atoms with van der Waals surface area (Å²) in [5, 5.41) is 0.631. The molecule has 0 unspecified atom stereocenters. The number of amides is 1. The van der Waals surface area contributed by atoms with Crippen LogP contribution < -0.4 is 5.43 Å². The summed E-state index contributed by atoms with van der Waals surface area (Å²) in [6, 6.07) is 18.8. The predicted molar refractivity (Wildman–Crippen MR) is 95.8 cm³/mol. The zero-order valence-corrected chi connectivity index (χ0v) is 13.8. The number of pyridine rings is 1. The van der Waals surface area contributed by atoms with Gasteiger partial charge in [0.2, 0.25) is 5.91 Å². The molecule has 0 N–H and O–H groups in total. The maximum atomic E-state index is 12.7. The molecule has 1 atom stereocenters. The normalized spacial score (nSPS) is 12.1. The molecule has 4 nitrogen and oxygen atoms in total. The van der Waals surface area contributed by atoms with Gasteiger partial charge in [-0.3, -0.25) is 9.59 Å². The molecular formula is C20H20N2O2. The molecule has 3 rings (SSSR count). The average Bonchev–Trinajstić information content (AvgIpc) is 2.63. The summed E-state index contributed by atoms with van der Waals surface area (Å²) in [6.07, 6.45) is 1.68. The van der Waals surface area contributed by atoms with Gasteiger partial charge >= 0.3 is 0 Å². The summed E-state index contributed by atoms with van der Waals surface area (Å²) < 4.78 is 1.83. The molecule has 0 spiro atoms. The van der Waals surface area contributed by atoms with Crippen LogP contribution in [0.25, 0.3) is 10.9 Å². The van der Waals surface area contributed by atoms with Crippen LogP contribution in [0.2, 0.25) is 0 Å². The number of carbonyl (C=O) groups excluding carboxylic acids is 1. The molecule has 0 radical (unpaired) electrons. The van der Waals surface area contributed by atoms with Crippen molar-refractivity contribution in [3.63, 3.8) is 0 Å². The standard InChI is InChI=1S/C20H20N2O2/c1-15(16-8-4-3-5-9-16)21(2)20(24)14-22-13-12-19(23)17-10-6-7-11-18(17)22/h3-13,15H,14H2,1-2H3/t15-/m0/s1. The molecule has 2 aromatic carbocycles. The lowest BCUT2D eigenvalue weighted by molar-refractivity contribution is -0.132. The number of likely N-dealkylation sites (N-methyl/N-ethyl adjacent to an activating group) is 1. The van der Waals surface area contributed by atoms with Crippen molar-refractivity contribution in [3.05, 3.63) is 82.6 Å². The van der Waals surface area contributed by atoms with Gasteiger partial charge in [-0.25, -0.2) is 0 Å². The van der Waals surface area contributed by atoms with E-state index in [4.69, 9.17) is 0 Å². The van der Waals surface area contributed by atoms with Crippen molar-refractivity contribution < 1.29 is 4.79 Å². The third-order valence-electron chi connectivity index (χ3n) is 4.45. The Morgan fingerprint density at radius 3 is 2.46 bits per heavy atom. The van der Waals surface area contributed by atoms with Crippen molar-refractivity contribution in [2.75, 3.05) is 7.05 Å². The minimum Gasteiger partial charge on any atom is -0.338 e. The Balaban J connectivity index is 1.85. The number of rotatable bonds is 4. The summed E-state index contributed by atoms with van der Waals surface area (Å²) in [5.41, 5.74) is 1.84. The van der Waals surface area contributed by atoms with Crippen molar-refractivity contribution in [1.29, 1.82) is 0 Å². The van der Waals surface area contributed by atoms with Gasteiger partial charge in [0, 0.05) is 24.7 Å². The van der Waals surface area contributed by atoms with Crippen molar-refractivity contribution in [3.8, 4) is 0 Å². The van der Waals surface area contributed by atoms with Crippen LogP contribution in [0, 0.1) is 0 Å². The van der Waals surface area contributed by atoms with Gasteiger partial charge < -0.3 is 9.47 Å². The fourth-order valence-electron chi connectivity index (χ4n) is 2.83. The Morgan fingerprint density at radius 2 is 1.71 bits per heavy atom.